The number of hydrogen-bond acceptors (Lipinski definition) is 5. The number of nitrogens with one attached hydrogen (secondary N) is 1. The van der Waals surface area contributed by atoms with Crippen molar-refractivity contribution < 1.29 is 0 Å². The van der Waals surface area contributed by atoms with Gasteiger partial charge in [0.15, 0.2) is 11.5 Å². The molecular formula is C3H5N5S. The summed E-state index contributed by atoms with van der Waals surface area (Å²) in [7, 11) is 0. The number of rotatable bonds is 1. The molecule has 1 rings (SSSR count). The maximum atomic E-state index is 6.89. The van der Waals surface area contributed by atoms with Gasteiger partial charge in [-0.1, -0.05) is 0 Å². The van der Waals surface area contributed by atoms with Crippen LogP contribution < -0.4 is 11.5 Å². The molecule has 9 heavy (non-hydrogen) atoms. The van der Waals surface area contributed by atoms with Crippen molar-refractivity contribution in [2.45, 2.75) is 0 Å². The topological polar surface area (TPSA) is 102 Å². The van der Waals surface area contributed by atoms with Crippen molar-refractivity contribution in [2.24, 2.45) is 5.73 Å². The summed E-state index contributed by atoms with van der Waals surface area (Å²) < 4.78 is 7.30. The Labute approximate surface area is 55.5 Å². The summed E-state index contributed by atoms with van der Waals surface area (Å²) in [5.74, 6) is 0.0914. The third-order valence-electron chi connectivity index (χ3n) is 0.769. The predicted molar refractivity (Wildman–Crippen MR) is 35.3 cm³/mol. The molecule has 48 valence electrons. The third-order valence-corrected chi connectivity index (χ3v) is 1.31. The van der Waals surface area contributed by atoms with E-state index >= 15 is 0 Å². The van der Waals surface area contributed by atoms with Gasteiger partial charge in [-0.25, -0.2) is 0 Å². The first kappa shape index (κ1) is 5.96. The number of amidine groups is 1. The fourth-order valence-electron chi connectivity index (χ4n) is 0.382. The standard InChI is InChI=1S/C3H5N5S/c4-2(5)1-3(6)8-9-7-1/h(H3,4,5)(H2,6,8). The van der Waals surface area contributed by atoms with Crippen LogP contribution in [0.25, 0.3) is 0 Å². The van der Waals surface area contributed by atoms with Gasteiger partial charge in [0.05, 0.1) is 11.7 Å². The first-order valence-corrected chi connectivity index (χ1v) is 2.87. The molecular weight excluding hydrogens is 138 g/mol. The van der Waals surface area contributed by atoms with Gasteiger partial charge < -0.3 is 11.5 Å². The molecule has 5 nitrogen and oxygen atoms in total. The molecule has 0 fully saturated rings. The van der Waals surface area contributed by atoms with E-state index in [4.69, 9.17) is 16.9 Å². The average molecular weight is 143 g/mol. The van der Waals surface area contributed by atoms with Crippen LogP contribution in [0.1, 0.15) is 5.69 Å². The van der Waals surface area contributed by atoms with Gasteiger partial charge in [-0.15, -0.1) is 0 Å². The normalized spacial score (nSPS) is 9.33. The van der Waals surface area contributed by atoms with Gasteiger partial charge in [0.1, 0.15) is 5.84 Å². The van der Waals surface area contributed by atoms with Crippen LogP contribution in [0.2, 0.25) is 0 Å². The summed E-state index contributed by atoms with van der Waals surface area (Å²) in [4.78, 5) is 0. The van der Waals surface area contributed by atoms with Crippen molar-refractivity contribution in [1.29, 1.82) is 5.41 Å². The second-order valence-electron chi connectivity index (χ2n) is 1.41. The van der Waals surface area contributed by atoms with Crippen LogP contribution in [0.3, 0.4) is 0 Å². The highest BCUT2D eigenvalue weighted by molar-refractivity contribution is 6.99. The Bertz CT molecular complexity index is 228. The van der Waals surface area contributed by atoms with Crippen molar-refractivity contribution >= 4 is 23.4 Å². The van der Waals surface area contributed by atoms with Crippen molar-refractivity contribution in [3.05, 3.63) is 5.69 Å². The molecule has 0 spiro atoms. The first-order valence-electron chi connectivity index (χ1n) is 2.14. The van der Waals surface area contributed by atoms with Gasteiger partial charge in [0.2, 0.25) is 0 Å². The van der Waals surface area contributed by atoms with E-state index in [-0.39, 0.29) is 17.3 Å². The van der Waals surface area contributed by atoms with E-state index in [1.165, 1.54) is 0 Å². The van der Waals surface area contributed by atoms with Crippen LogP contribution in [0.5, 0.6) is 0 Å². The van der Waals surface area contributed by atoms with Gasteiger partial charge in [0.25, 0.3) is 0 Å². The van der Waals surface area contributed by atoms with Crippen molar-refractivity contribution in [1.82, 2.24) is 8.75 Å². The van der Waals surface area contributed by atoms with E-state index in [1.54, 1.807) is 0 Å². The Morgan fingerprint density at radius 1 is 1.56 bits per heavy atom. The first-order chi connectivity index (χ1) is 4.22. The van der Waals surface area contributed by atoms with E-state index < -0.39 is 0 Å². The number of nitrogens with zero attached hydrogens (tertiary/aromatic N) is 2. The molecule has 0 unspecified atom stereocenters. The minimum atomic E-state index is -0.138. The van der Waals surface area contributed by atoms with Crippen LogP contribution in [-0.2, 0) is 0 Å². The Kier molecular flexibility index (Phi) is 1.31. The lowest BCUT2D eigenvalue weighted by atomic mass is 10.4. The van der Waals surface area contributed by atoms with Crippen LogP contribution in [0.15, 0.2) is 0 Å². The number of hydrogen-bond donors (Lipinski definition) is 3. The maximum Gasteiger partial charge on any atom is 0.168 e. The second kappa shape index (κ2) is 1.98. The molecule has 0 aliphatic rings. The molecule has 0 bridgehead atoms. The summed E-state index contributed by atoms with van der Waals surface area (Å²) in [6.45, 7) is 0. The van der Waals surface area contributed by atoms with Crippen molar-refractivity contribution in [3.8, 4) is 0 Å². The Morgan fingerprint density at radius 2 is 2.22 bits per heavy atom. The highest BCUT2D eigenvalue weighted by Crippen LogP contribution is 2.04. The molecule has 0 aliphatic heterocycles. The zero-order valence-corrected chi connectivity index (χ0v) is 5.27. The fourth-order valence-corrected chi connectivity index (χ4v) is 0.871. The summed E-state index contributed by atoms with van der Waals surface area (Å²) >= 11 is 0.949. The SMILES string of the molecule is N=C(N)c1nsnc1N. The molecule has 0 saturated carbocycles. The lowest BCUT2D eigenvalue weighted by Crippen LogP contribution is -2.13. The Morgan fingerprint density at radius 3 is 2.44 bits per heavy atom. The average Bonchev–Trinajstić information content (AvgIpc) is 2.13. The molecule has 0 aromatic carbocycles. The molecule has 1 aromatic rings. The number of nitrogen functional groups attached to an aromatic ring is 2. The summed E-state index contributed by atoms with van der Waals surface area (Å²) in [5.41, 5.74) is 10.6. The molecule has 1 heterocycles. The summed E-state index contributed by atoms with van der Waals surface area (Å²) in [6, 6.07) is 0. The molecule has 0 aliphatic carbocycles. The third kappa shape index (κ3) is 0.968. The monoisotopic (exact) mass is 143 g/mol. The van der Waals surface area contributed by atoms with Gasteiger partial charge >= 0.3 is 0 Å². The lowest BCUT2D eigenvalue weighted by Gasteiger charge is -1.87. The van der Waals surface area contributed by atoms with Crippen LogP contribution in [0, 0.1) is 5.41 Å². The molecule has 5 N–H and O–H groups in total. The number of aromatic nitrogens is 2. The lowest BCUT2D eigenvalue weighted by molar-refractivity contribution is 1.36. The van der Waals surface area contributed by atoms with Crippen molar-refractivity contribution in [2.75, 3.05) is 5.73 Å². The largest absolute Gasteiger partial charge is 0.382 e. The minimum absolute atomic E-state index is 0.138. The van der Waals surface area contributed by atoms with E-state index in [9.17, 15) is 0 Å². The zero-order valence-electron chi connectivity index (χ0n) is 4.46. The van der Waals surface area contributed by atoms with Crippen LogP contribution >= 0.6 is 11.7 Å². The highest BCUT2D eigenvalue weighted by atomic mass is 32.1. The van der Waals surface area contributed by atoms with E-state index in [1.807, 2.05) is 0 Å². The van der Waals surface area contributed by atoms with Gasteiger partial charge in [-0.3, -0.25) is 5.41 Å². The van der Waals surface area contributed by atoms with Gasteiger partial charge in [-0.05, 0) is 0 Å². The second-order valence-corrected chi connectivity index (χ2v) is 1.94. The smallest absolute Gasteiger partial charge is 0.168 e. The minimum Gasteiger partial charge on any atom is -0.382 e. The van der Waals surface area contributed by atoms with E-state index in [0.29, 0.717) is 0 Å². The predicted octanol–water partition coefficient (Wildman–Crippen LogP) is -0.596. The summed E-state index contributed by atoms with van der Waals surface area (Å²) in [5, 5.41) is 6.89. The van der Waals surface area contributed by atoms with E-state index in [0.717, 1.165) is 11.7 Å². The molecule has 0 amide bonds. The Hall–Kier alpha value is -1.17. The molecule has 0 saturated heterocycles. The molecule has 1 aromatic heterocycles. The fraction of sp³-hybridized carbons (Fsp3) is 0. The highest BCUT2D eigenvalue weighted by Gasteiger charge is 2.04. The van der Waals surface area contributed by atoms with Crippen LogP contribution in [-0.4, -0.2) is 14.6 Å². The molecule has 6 heteroatoms. The zero-order chi connectivity index (χ0) is 6.85. The van der Waals surface area contributed by atoms with E-state index in [2.05, 4.69) is 8.75 Å². The summed E-state index contributed by atoms with van der Waals surface area (Å²) in [6.07, 6.45) is 0. The molecule has 0 radical (unpaired) electrons. The number of nitrogens with two attached hydrogens (primary N) is 2. The quantitative estimate of drug-likeness (QED) is 0.361. The molecule has 0 atom stereocenters. The van der Waals surface area contributed by atoms with Crippen molar-refractivity contribution in [3.63, 3.8) is 0 Å². The van der Waals surface area contributed by atoms with Crippen LogP contribution in [0.4, 0.5) is 5.82 Å². The van der Waals surface area contributed by atoms with Gasteiger partial charge in [-0.2, -0.15) is 8.75 Å². The Balaban J connectivity index is 3.08. The maximum absolute atomic E-state index is 6.89. The van der Waals surface area contributed by atoms with Gasteiger partial charge in [0, 0.05) is 0 Å². The number of anilines is 1.